The molecule has 0 N–H and O–H groups in total. The van der Waals surface area contributed by atoms with Gasteiger partial charge in [-0.1, -0.05) is 29.8 Å². The minimum absolute atomic E-state index is 0.562. The van der Waals surface area contributed by atoms with Crippen molar-refractivity contribution in [3.63, 3.8) is 0 Å². The highest BCUT2D eigenvalue weighted by atomic mass is 32.2. The minimum atomic E-state index is -6.35. The van der Waals surface area contributed by atoms with E-state index in [1.54, 1.807) is 6.92 Å². The Morgan fingerprint density at radius 1 is 1.09 bits per heavy atom. The van der Waals surface area contributed by atoms with E-state index in [2.05, 4.69) is 4.18 Å². The van der Waals surface area contributed by atoms with Crippen molar-refractivity contribution in [3.05, 3.63) is 35.4 Å². The van der Waals surface area contributed by atoms with Crippen LogP contribution in [0, 0.1) is 18.3 Å². The van der Waals surface area contributed by atoms with Crippen molar-refractivity contribution in [3.8, 4) is 6.07 Å². The van der Waals surface area contributed by atoms with Crippen LogP contribution in [0.25, 0.3) is 0 Å². The van der Waals surface area contributed by atoms with Gasteiger partial charge in [0.1, 0.15) is 5.92 Å². The van der Waals surface area contributed by atoms with Crippen molar-refractivity contribution >= 4 is 10.1 Å². The van der Waals surface area contributed by atoms with Gasteiger partial charge in [0.25, 0.3) is 0 Å². The third-order valence-electron chi connectivity index (χ3n) is 2.73. The molecule has 0 aliphatic carbocycles. The second-order valence-corrected chi connectivity index (χ2v) is 6.04. The molecule has 4 nitrogen and oxygen atoms in total. The number of alkyl halides is 6. The van der Waals surface area contributed by atoms with E-state index in [-0.39, 0.29) is 0 Å². The minimum Gasteiger partial charge on any atom is -0.243 e. The molecule has 0 aromatic heterocycles. The van der Waals surface area contributed by atoms with E-state index in [9.17, 15) is 34.8 Å². The fourth-order valence-corrected chi connectivity index (χ4v) is 2.19. The van der Waals surface area contributed by atoms with Crippen LogP contribution in [0.5, 0.6) is 0 Å². The van der Waals surface area contributed by atoms with Crippen molar-refractivity contribution < 1.29 is 38.9 Å². The fraction of sp³-hybridized carbons (Fsp3) is 0.417. The zero-order valence-electron chi connectivity index (χ0n) is 11.3. The molecule has 0 amide bonds. The lowest BCUT2D eigenvalue weighted by molar-refractivity contribution is -0.164. The Balaban J connectivity index is 3.31. The largest absolute Gasteiger partial charge is 0.523 e. The lowest BCUT2D eigenvalue weighted by atomic mass is 9.93. The van der Waals surface area contributed by atoms with Crippen molar-refractivity contribution in [1.82, 2.24) is 0 Å². The monoisotopic (exact) mass is 361 g/mol. The van der Waals surface area contributed by atoms with Crippen LogP contribution in [0.4, 0.5) is 26.3 Å². The molecule has 0 saturated carbocycles. The molecule has 0 spiro atoms. The summed E-state index contributed by atoms with van der Waals surface area (Å²) in [6, 6.07) is 5.17. The van der Waals surface area contributed by atoms with Gasteiger partial charge in [0.05, 0.1) is 6.07 Å². The second-order valence-electron chi connectivity index (χ2n) is 4.48. The van der Waals surface area contributed by atoms with E-state index in [4.69, 9.17) is 5.26 Å². The van der Waals surface area contributed by atoms with Crippen molar-refractivity contribution in [1.29, 1.82) is 5.26 Å². The molecular weight excluding hydrogens is 352 g/mol. The van der Waals surface area contributed by atoms with Crippen LogP contribution in [0.3, 0.4) is 0 Å². The smallest absolute Gasteiger partial charge is 0.243 e. The average Bonchev–Trinajstić information content (AvgIpc) is 2.37. The molecule has 0 fully saturated rings. The van der Waals surface area contributed by atoms with Crippen LogP contribution in [0.2, 0.25) is 0 Å². The lowest BCUT2D eigenvalue weighted by Crippen LogP contribution is -2.37. The molecule has 0 aliphatic heterocycles. The SMILES string of the molecule is Cc1ccc(C([C@H](C#N)OS(=O)(=O)C(F)(F)F)C(F)(F)F)cc1. The summed E-state index contributed by atoms with van der Waals surface area (Å²) >= 11 is 0. The average molecular weight is 361 g/mol. The fourth-order valence-electron chi connectivity index (χ4n) is 1.65. The molecular formula is C12H9F6NO3S. The number of nitriles is 1. The third-order valence-corrected chi connectivity index (χ3v) is 3.76. The maximum Gasteiger partial charge on any atom is 0.523 e. The van der Waals surface area contributed by atoms with E-state index in [0.717, 1.165) is 18.2 Å². The number of halogens is 6. The summed E-state index contributed by atoms with van der Waals surface area (Å²) in [7, 11) is -6.35. The Morgan fingerprint density at radius 3 is 1.91 bits per heavy atom. The zero-order valence-corrected chi connectivity index (χ0v) is 12.1. The van der Waals surface area contributed by atoms with Crippen LogP contribution in [-0.4, -0.2) is 26.2 Å². The molecule has 11 heteroatoms. The summed E-state index contributed by atoms with van der Waals surface area (Å²) in [5.74, 6) is -2.86. The highest BCUT2D eigenvalue weighted by Gasteiger charge is 2.54. The summed E-state index contributed by atoms with van der Waals surface area (Å²) in [4.78, 5) is 0. The molecule has 2 atom stereocenters. The van der Waals surface area contributed by atoms with Gasteiger partial charge in [-0.3, -0.25) is 0 Å². The third kappa shape index (κ3) is 4.59. The Hall–Kier alpha value is -1.80. The normalized spacial score (nSPS) is 15.7. The van der Waals surface area contributed by atoms with Gasteiger partial charge < -0.3 is 0 Å². The standard InChI is InChI=1S/C12H9F6NO3S/c1-7-2-4-8(5-3-7)10(11(13,14)15)9(6-19)22-23(20,21)12(16,17)18/h2-5,9-10H,1H3/t9-,10?/m0/s1. The maximum atomic E-state index is 13.1. The number of benzene rings is 1. The highest BCUT2D eigenvalue weighted by Crippen LogP contribution is 2.40. The topological polar surface area (TPSA) is 67.2 Å². The molecule has 0 heterocycles. The first-order valence-electron chi connectivity index (χ1n) is 5.82. The molecule has 0 saturated heterocycles. The van der Waals surface area contributed by atoms with E-state index in [1.165, 1.54) is 12.1 Å². The van der Waals surface area contributed by atoms with Crippen LogP contribution < -0.4 is 0 Å². The molecule has 0 aliphatic rings. The second kappa shape index (κ2) is 6.37. The number of hydrogen-bond acceptors (Lipinski definition) is 4. The van der Waals surface area contributed by atoms with Gasteiger partial charge in [-0.05, 0) is 12.5 Å². The van der Waals surface area contributed by atoms with Gasteiger partial charge in [0, 0.05) is 0 Å². The maximum absolute atomic E-state index is 13.1. The van der Waals surface area contributed by atoms with Gasteiger partial charge >= 0.3 is 21.8 Å². The Bertz CT molecular complexity index is 687. The van der Waals surface area contributed by atoms with E-state index in [1.807, 2.05) is 0 Å². The predicted molar refractivity (Wildman–Crippen MR) is 65.4 cm³/mol. The van der Waals surface area contributed by atoms with Gasteiger partial charge in [-0.2, -0.15) is 40.0 Å². The van der Waals surface area contributed by atoms with Gasteiger partial charge in [0.15, 0.2) is 6.10 Å². The number of hydrogen-bond donors (Lipinski definition) is 0. The Labute approximate surface area is 127 Å². The molecule has 1 aromatic carbocycles. The number of nitrogens with zero attached hydrogens (tertiary/aromatic N) is 1. The highest BCUT2D eigenvalue weighted by molar-refractivity contribution is 7.87. The molecule has 1 unspecified atom stereocenters. The van der Waals surface area contributed by atoms with Crippen LogP contribution in [0.15, 0.2) is 24.3 Å². The quantitative estimate of drug-likeness (QED) is 0.468. The van der Waals surface area contributed by atoms with Crippen LogP contribution in [-0.2, 0) is 14.3 Å². The summed E-state index contributed by atoms with van der Waals surface area (Å²) in [5, 5.41) is 8.70. The molecule has 1 rings (SSSR count). The molecule has 128 valence electrons. The van der Waals surface area contributed by atoms with Gasteiger partial charge in [0.2, 0.25) is 0 Å². The molecule has 0 bridgehead atoms. The zero-order chi connectivity index (χ0) is 18.1. The van der Waals surface area contributed by atoms with Gasteiger partial charge in [-0.15, -0.1) is 0 Å². The molecule has 23 heavy (non-hydrogen) atoms. The van der Waals surface area contributed by atoms with E-state index >= 15 is 0 Å². The summed E-state index contributed by atoms with van der Waals surface area (Å²) < 4.78 is 101. The first-order valence-corrected chi connectivity index (χ1v) is 7.23. The van der Waals surface area contributed by atoms with Crippen molar-refractivity contribution in [2.24, 2.45) is 0 Å². The first kappa shape index (κ1) is 19.2. The Kier molecular flexibility index (Phi) is 5.33. The Morgan fingerprint density at radius 2 is 1.57 bits per heavy atom. The van der Waals surface area contributed by atoms with Crippen LogP contribution >= 0.6 is 0 Å². The number of aryl methyl sites for hydroxylation is 1. The summed E-state index contributed by atoms with van der Waals surface area (Å²) in [5.41, 5.74) is -5.97. The first-order chi connectivity index (χ1) is 10.3. The van der Waals surface area contributed by atoms with E-state index in [0.29, 0.717) is 5.56 Å². The lowest BCUT2D eigenvalue weighted by Gasteiger charge is -2.25. The van der Waals surface area contributed by atoms with Crippen molar-refractivity contribution in [2.45, 2.75) is 30.6 Å². The molecule has 0 radical (unpaired) electrons. The van der Waals surface area contributed by atoms with Crippen LogP contribution in [0.1, 0.15) is 17.0 Å². The number of rotatable bonds is 4. The van der Waals surface area contributed by atoms with E-state index < -0.39 is 39.4 Å². The van der Waals surface area contributed by atoms with Crippen molar-refractivity contribution in [2.75, 3.05) is 0 Å². The summed E-state index contributed by atoms with van der Waals surface area (Å²) in [6.07, 6.45) is -8.11. The predicted octanol–water partition coefficient (Wildman–Crippen LogP) is 3.40. The summed E-state index contributed by atoms with van der Waals surface area (Å²) in [6.45, 7) is 1.55. The molecule has 1 aromatic rings. The van der Waals surface area contributed by atoms with Gasteiger partial charge in [-0.25, -0.2) is 4.18 Å².